The molecule has 2 saturated heterocycles. The number of hydrogen-bond donors (Lipinski definition) is 1. The standard InChI is InChI=1S/C16H24N2OS/c1-2-12-7-11-20-15(12)16(19)18-9-5-13(6-10-18)14-4-3-8-17-14/h7,11,13-14,17H,2-6,8-10H2,1H3. The van der Waals surface area contributed by atoms with E-state index in [1.165, 1.54) is 24.9 Å². The van der Waals surface area contributed by atoms with Crippen LogP contribution in [-0.4, -0.2) is 36.5 Å². The second-order valence-electron chi connectivity index (χ2n) is 5.96. The first-order valence-corrected chi connectivity index (χ1v) is 8.76. The summed E-state index contributed by atoms with van der Waals surface area (Å²) in [6.07, 6.45) is 5.92. The lowest BCUT2D eigenvalue weighted by molar-refractivity contribution is 0.0678. The second kappa shape index (κ2) is 6.27. The van der Waals surface area contributed by atoms with E-state index in [9.17, 15) is 4.79 Å². The van der Waals surface area contributed by atoms with Crippen LogP contribution in [0.4, 0.5) is 0 Å². The summed E-state index contributed by atoms with van der Waals surface area (Å²) in [4.78, 5) is 15.6. The van der Waals surface area contributed by atoms with Crippen LogP contribution in [0.25, 0.3) is 0 Å². The number of carbonyl (C=O) groups excluding carboxylic acids is 1. The van der Waals surface area contributed by atoms with Crippen LogP contribution in [0.5, 0.6) is 0 Å². The van der Waals surface area contributed by atoms with Gasteiger partial charge in [0, 0.05) is 19.1 Å². The number of carbonyl (C=O) groups is 1. The zero-order chi connectivity index (χ0) is 13.9. The Hall–Kier alpha value is -0.870. The molecular formula is C16H24N2OS. The van der Waals surface area contributed by atoms with Crippen LogP contribution in [0.1, 0.15) is 47.8 Å². The Morgan fingerprint density at radius 1 is 1.40 bits per heavy atom. The highest BCUT2D eigenvalue weighted by Gasteiger charge is 2.30. The van der Waals surface area contributed by atoms with Gasteiger partial charge in [0.05, 0.1) is 4.88 Å². The fourth-order valence-corrected chi connectivity index (χ4v) is 4.53. The number of amides is 1. The van der Waals surface area contributed by atoms with Crippen LogP contribution >= 0.6 is 11.3 Å². The van der Waals surface area contributed by atoms with Gasteiger partial charge in [0.2, 0.25) is 0 Å². The number of thiophene rings is 1. The summed E-state index contributed by atoms with van der Waals surface area (Å²) in [5.74, 6) is 1.03. The summed E-state index contributed by atoms with van der Waals surface area (Å²) in [5, 5.41) is 5.66. The van der Waals surface area contributed by atoms with Crippen molar-refractivity contribution in [1.82, 2.24) is 10.2 Å². The normalized spacial score (nSPS) is 24.2. The van der Waals surface area contributed by atoms with Crippen molar-refractivity contribution in [3.05, 3.63) is 21.9 Å². The fourth-order valence-electron chi connectivity index (χ4n) is 3.56. The molecule has 2 aliphatic rings. The first kappa shape index (κ1) is 14.1. The molecule has 0 saturated carbocycles. The van der Waals surface area contributed by atoms with Crippen molar-refractivity contribution in [1.29, 1.82) is 0 Å². The lowest BCUT2D eigenvalue weighted by Gasteiger charge is -2.34. The lowest BCUT2D eigenvalue weighted by Crippen LogP contribution is -2.43. The molecule has 1 amide bonds. The van der Waals surface area contributed by atoms with Gasteiger partial charge in [-0.15, -0.1) is 11.3 Å². The number of nitrogens with one attached hydrogen (secondary N) is 1. The van der Waals surface area contributed by atoms with Gasteiger partial charge >= 0.3 is 0 Å². The molecule has 0 spiro atoms. The van der Waals surface area contributed by atoms with Gasteiger partial charge in [-0.2, -0.15) is 0 Å². The van der Waals surface area contributed by atoms with E-state index in [0.717, 1.165) is 43.1 Å². The molecule has 3 nitrogen and oxygen atoms in total. The number of likely N-dealkylation sites (tertiary alicyclic amines) is 1. The van der Waals surface area contributed by atoms with Crippen molar-refractivity contribution >= 4 is 17.2 Å². The van der Waals surface area contributed by atoms with E-state index in [-0.39, 0.29) is 5.91 Å². The zero-order valence-electron chi connectivity index (χ0n) is 12.2. The van der Waals surface area contributed by atoms with Crippen molar-refractivity contribution in [2.75, 3.05) is 19.6 Å². The number of hydrogen-bond acceptors (Lipinski definition) is 3. The molecule has 2 aliphatic heterocycles. The van der Waals surface area contributed by atoms with Crippen molar-refractivity contribution in [2.24, 2.45) is 5.92 Å². The largest absolute Gasteiger partial charge is 0.338 e. The first-order chi connectivity index (χ1) is 9.79. The summed E-state index contributed by atoms with van der Waals surface area (Å²) in [6, 6.07) is 2.80. The van der Waals surface area contributed by atoms with E-state index in [1.807, 2.05) is 5.38 Å². The van der Waals surface area contributed by atoms with E-state index in [1.54, 1.807) is 11.3 Å². The van der Waals surface area contributed by atoms with Gasteiger partial charge in [-0.3, -0.25) is 4.79 Å². The van der Waals surface area contributed by atoms with Crippen molar-refractivity contribution in [3.63, 3.8) is 0 Å². The molecule has 0 bridgehead atoms. The van der Waals surface area contributed by atoms with Gasteiger partial charge < -0.3 is 10.2 Å². The predicted molar refractivity (Wildman–Crippen MR) is 83.3 cm³/mol. The SMILES string of the molecule is CCc1ccsc1C(=O)N1CCC(C2CCCN2)CC1. The van der Waals surface area contributed by atoms with Gasteiger partial charge in [-0.05, 0) is 61.6 Å². The lowest BCUT2D eigenvalue weighted by atomic mass is 9.88. The predicted octanol–water partition coefficient (Wildman–Crippen LogP) is 2.91. The van der Waals surface area contributed by atoms with E-state index in [2.05, 4.69) is 23.2 Å². The van der Waals surface area contributed by atoms with Crippen LogP contribution in [0.3, 0.4) is 0 Å². The Kier molecular flexibility index (Phi) is 4.41. The summed E-state index contributed by atoms with van der Waals surface area (Å²) in [7, 11) is 0. The Morgan fingerprint density at radius 3 is 2.85 bits per heavy atom. The third kappa shape index (κ3) is 2.77. The molecule has 1 aromatic heterocycles. The summed E-state index contributed by atoms with van der Waals surface area (Å²) < 4.78 is 0. The summed E-state index contributed by atoms with van der Waals surface area (Å²) in [5.41, 5.74) is 1.21. The Morgan fingerprint density at radius 2 is 2.20 bits per heavy atom. The summed E-state index contributed by atoms with van der Waals surface area (Å²) >= 11 is 1.60. The van der Waals surface area contributed by atoms with Crippen LogP contribution < -0.4 is 5.32 Å². The zero-order valence-corrected chi connectivity index (χ0v) is 13.0. The molecule has 0 aromatic carbocycles. The maximum Gasteiger partial charge on any atom is 0.264 e. The average molecular weight is 292 g/mol. The van der Waals surface area contributed by atoms with Gasteiger partial charge in [0.15, 0.2) is 0 Å². The molecule has 1 aromatic rings. The Balaban J connectivity index is 1.59. The molecule has 0 aliphatic carbocycles. The molecule has 3 heterocycles. The van der Waals surface area contributed by atoms with Crippen LogP contribution in [0.15, 0.2) is 11.4 Å². The molecule has 1 N–H and O–H groups in total. The van der Waals surface area contributed by atoms with Crippen LogP contribution in [0, 0.1) is 5.92 Å². The smallest absolute Gasteiger partial charge is 0.264 e. The van der Waals surface area contributed by atoms with E-state index >= 15 is 0 Å². The average Bonchev–Trinajstić information content (AvgIpc) is 3.17. The molecular weight excluding hydrogens is 268 g/mol. The molecule has 0 radical (unpaired) electrons. The number of aryl methyl sites for hydroxylation is 1. The highest BCUT2D eigenvalue weighted by atomic mass is 32.1. The minimum atomic E-state index is 0.259. The Labute approximate surface area is 125 Å². The quantitative estimate of drug-likeness (QED) is 0.929. The van der Waals surface area contributed by atoms with Gasteiger partial charge in [0.1, 0.15) is 0 Å². The number of nitrogens with zero attached hydrogens (tertiary/aromatic N) is 1. The van der Waals surface area contributed by atoms with Crippen LogP contribution in [0.2, 0.25) is 0 Å². The van der Waals surface area contributed by atoms with Crippen molar-refractivity contribution < 1.29 is 4.79 Å². The maximum absolute atomic E-state index is 12.6. The minimum Gasteiger partial charge on any atom is -0.338 e. The second-order valence-corrected chi connectivity index (χ2v) is 6.88. The van der Waals surface area contributed by atoms with Gasteiger partial charge in [-0.25, -0.2) is 0 Å². The first-order valence-electron chi connectivity index (χ1n) is 7.88. The maximum atomic E-state index is 12.6. The fraction of sp³-hybridized carbons (Fsp3) is 0.688. The molecule has 1 unspecified atom stereocenters. The molecule has 3 rings (SSSR count). The molecule has 20 heavy (non-hydrogen) atoms. The Bertz CT molecular complexity index is 457. The molecule has 1 atom stereocenters. The van der Waals surface area contributed by atoms with E-state index in [0.29, 0.717) is 6.04 Å². The minimum absolute atomic E-state index is 0.259. The highest BCUT2D eigenvalue weighted by molar-refractivity contribution is 7.12. The topological polar surface area (TPSA) is 32.3 Å². The highest BCUT2D eigenvalue weighted by Crippen LogP contribution is 2.27. The number of rotatable bonds is 3. The van der Waals surface area contributed by atoms with Gasteiger partial charge in [-0.1, -0.05) is 6.92 Å². The van der Waals surface area contributed by atoms with Crippen molar-refractivity contribution in [3.8, 4) is 0 Å². The van der Waals surface area contributed by atoms with Crippen molar-refractivity contribution in [2.45, 2.75) is 45.1 Å². The third-order valence-corrected chi connectivity index (χ3v) is 5.76. The van der Waals surface area contributed by atoms with E-state index in [4.69, 9.17) is 0 Å². The summed E-state index contributed by atoms with van der Waals surface area (Å²) in [6.45, 7) is 5.17. The third-order valence-electron chi connectivity index (χ3n) is 4.82. The number of piperidine rings is 1. The molecule has 110 valence electrons. The van der Waals surface area contributed by atoms with Gasteiger partial charge in [0.25, 0.3) is 5.91 Å². The molecule has 4 heteroatoms. The monoisotopic (exact) mass is 292 g/mol. The molecule has 2 fully saturated rings. The van der Waals surface area contributed by atoms with E-state index < -0.39 is 0 Å². The van der Waals surface area contributed by atoms with Crippen LogP contribution in [-0.2, 0) is 6.42 Å².